The maximum absolute atomic E-state index is 10.6. The van der Waals surface area contributed by atoms with Gasteiger partial charge in [-0.15, -0.1) is 0 Å². The molecule has 13 heavy (non-hydrogen) atoms. The van der Waals surface area contributed by atoms with Gasteiger partial charge >= 0.3 is 0 Å². The van der Waals surface area contributed by atoms with E-state index in [-0.39, 0.29) is 18.0 Å². The molecule has 0 heterocycles. The van der Waals surface area contributed by atoms with Crippen molar-refractivity contribution in [3.05, 3.63) is 0 Å². The van der Waals surface area contributed by atoms with Gasteiger partial charge in [-0.3, -0.25) is 9.59 Å². The van der Waals surface area contributed by atoms with Crippen molar-refractivity contribution in [1.29, 1.82) is 0 Å². The first-order valence-corrected chi connectivity index (χ1v) is 4.52. The highest BCUT2D eigenvalue weighted by molar-refractivity contribution is 5.87. The molecule has 0 aliphatic heterocycles. The van der Waals surface area contributed by atoms with Gasteiger partial charge in [0.1, 0.15) is 11.9 Å². The van der Waals surface area contributed by atoms with Crippen molar-refractivity contribution in [2.24, 2.45) is 0 Å². The summed E-state index contributed by atoms with van der Waals surface area (Å²) in [6.45, 7) is 7.10. The van der Waals surface area contributed by atoms with Crippen LogP contribution in [-0.4, -0.2) is 24.8 Å². The molecule has 0 fully saturated rings. The number of rotatable bonds is 4. The predicted octanol–water partition coefficient (Wildman–Crippen LogP) is 1.99. The van der Waals surface area contributed by atoms with E-state index >= 15 is 0 Å². The Bertz CT molecular complexity index is 152. The fourth-order valence-electron chi connectivity index (χ4n) is 0.654. The minimum atomic E-state index is -0.544. The fraction of sp³-hybridized carbons (Fsp3) is 0.800. The van der Waals surface area contributed by atoms with Crippen LogP contribution < -0.4 is 0 Å². The average molecular weight is 188 g/mol. The summed E-state index contributed by atoms with van der Waals surface area (Å²) in [7, 11) is 1.43. The molecule has 0 bridgehead atoms. The molecular weight excluding hydrogens is 168 g/mol. The smallest absolute Gasteiger partial charge is 0.158 e. The molecular formula is C10H20O3. The highest BCUT2D eigenvalue weighted by Crippen LogP contribution is 1.98. The number of ketones is 2. The van der Waals surface area contributed by atoms with Crippen LogP contribution in [0.2, 0.25) is 0 Å². The molecule has 0 aromatic carbocycles. The summed E-state index contributed by atoms with van der Waals surface area (Å²) >= 11 is 0. The third kappa shape index (κ3) is 11.3. The molecule has 0 saturated carbocycles. The quantitative estimate of drug-likeness (QED) is 0.677. The molecule has 0 aliphatic carbocycles. The molecule has 0 N–H and O–H groups in total. The fourth-order valence-corrected chi connectivity index (χ4v) is 0.654. The van der Waals surface area contributed by atoms with E-state index in [9.17, 15) is 9.59 Å². The van der Waals surface area contributed by atoms with Crippen molar-refractivity contribution in [2.75, 3.05) is 7.11 Å². The van der Waals surface area contributed by atoms with Crippen LogP contribution in [-0.2, 0) is 14.3 Å². The number of carbonyl (C=O) groups is 2. The van der Waals surface area contributed by atoms with Gasteiger partial charge in [-0.05, 0) is 13.8 Å². The van der Waals surface area contributed by atoms with Crippen LogP contribution in [0.3, 0.4) is 0 Å². The molecule has 3 nitrogen and oxygen atoms in total. The molecule has 0 aliphatic rings. The van der Waals surface area contributed by atoms with Crippen LogP contribution in [0, 0.1) is 0 Å². The molecule has 78 valence electrons. The van der Waals surface area contributed by atoms with E-state index in [0.717, 1.165) is 0 Å². The zero-order valence-electron chi connectivity index (χ0n) is 9.22. The lowest BCUT2D eigenvalue weighted by molar-refractivity contribution is -0.131. The molecule has 0 rings (SSSR count). The van der Waals surface area contributed by atoms with Gasteiger partial charge in [0.05, 0.1) is 0 Å². The minimum absolute atomic E-state index is 0.0259. The Morgan fingerprint density at radius 3 is 1.69 bits per heavy atom. The maximum atomic E-state index is 10.6. The highest BCUT2D eigenvalue weighted by atomic mass is 16.5. The van der Waals surface area contributed by atoms with E-state index in [1.54, 1.807) is 0 Å². The van der Waals surface area contributed by atoms with Crippen LogP contribution >= 0.6 is 0 Å². The van der Waals surface area contributed by atoms with Crippen molar-refractivity contribution in [2.45, 2.75) is 46.6 Å². The topological polar surface area (TPSA) is 43.4 Å². The largest absolute Gasteiger partial charge is 0.373 e. The lowest BCUT2D eigenvalue weighted by Crippen LogP contribution is -2.22. The van der Waals surface area contributed by atoms with Crippen molar-refractivity contribution in [1.82, 2.24) is 0 Å². The lowest BCUT2D eigenvalue weighted by atomic mass is 10.1. The van der Waals surface area contributed by atoms with E-state index in [1.807, 2.05) is 0 Å². The van der Waals surface area contributed by atoms with Gasteiger partial charge in [-0.1, -0.05) is 20.3 Å². The standard InChI is InChI=1S/C7H12O3.C3H8/c1-5(8)4-7(10-3)6(2)9;1-3-2/h7H,4H2,1-3H3;3H2,1-2H3. The van der Waals surface area contributed by atoms with E-state index in [0.29, 0.717) is 0 Å². The number of methoxy groups -OCH3 is 1. The van der Waals surface area contributed by atoms with E-state index in [1.165, 1.54) is 27.4 Å². The second-order valence-corrected chi connectivity index (χ2v) is 2.95. The number of hydrogen-bond donors (Lipinski definition) is 0. The van der Waals surface area contributed by atoms with E-state index < -0.39 is 6.10 Å². The molecule has 0 aromatic rings. The third-order valence-electron chi connectivity index (χ3n) is 1.21. The summed E-state index contributed by atoms with van der Waals surface area (Å²) in [5.74, 6) is -0.125. The average Bonchev–Trinajstić information content (AvgIpc) is 2.00. The third-order valence-corrected chi connectivity index (χ3v) is 1.21. The summed E-state index contributed by atoms with van der Waals surface area (Å²) < 4.78 is 4.75. The Balaban J connectivity index is 0. The normalized spacial score (nSPS) is 11.2. The molecule has 0 saturated heterocycles. The molecule has 0 amide bonds. The molecule has 0 spiro atoms. The molecule has 0 radical (unpaired) electrons. The zero-order chi connectivity index (χ0) is 10.9. The van der Waals surface area contributed by atoms with Crippen molar-refractivity contribution in [3.63, 3.8) is 0 Å². The van der Waals surface area contributed by atoms with Gasteiger partial charge in [-0.2, -0.15) is 0 Å². The Morgan fingerprint density at radius 1 is 1.23 bits per heavy atom. The van der Waals surface area contributed by atoms with Crippen molar-refractivity contribution < 1.29 is 14.3 Å². The van der Waals surface area contributed by atoms with Gasteiger partial charge in [0.15, 0.2) is 5.78 Å². The molecule has 1 atom stereocenters. The van der Waals surface area contributed by atoms with Gasteiger partial charge in [0.2, 0.25) is 0 Å². The Morgan fingerprint density at radius 2 is 1.62 bits per heavy atom. The number of Topliss-reactive ketones (excluding diaryl/α,β-unsaturated/α-hetero) is 2. The Labute approximate surface area is 80.5 Å². The van der Waals surface area contributed by atoms with Crippen LogP contribution in [0.1, 0.15) is 40.5 Å². The summed E-state index contributed by atoms with van der Waals surface area (Å²) in [4.78, 5) is 21.1. The SMILES string of the molecule is CCC.COC(CC(C)=O)C(C)=O. The summed E-state index contributed by atoms with van der Waals surface area (Å²) in [5, 5.41) is 0. The minimum Gasteiger partial charge on any atom is -0.373 e. The van der Waals surface area contributed by atoms with Gasteiger partial charge in [0, 0.05) is 13.5 Å². The molecule has 1 unspecified atom stereocenters. The van der Waals surface area contributed by atoms with Gasteiger partial charge in [-0.25, -0.2) is 0 Å². The maximum Gasteiger partial charge on any atom is 0.158 e. The molecule has 3 heteroatoms. The second-order valence-electron chi connectivity index (χ2n) is 2.95. The van der Waals surface area contributed by atoms with Crippen LogP contribution in [0.5, 0.6) is 0 Å². The first-order valence-electron chi connectivity index (χ1n) is 4.52. The van der Waals surface area contributed by atoms with Crippen molar-refractivity contribution >= 4 is 11.6 Å². The number of ether oxygens (including phenoxy) is 1. The van der Waals surface area contributed by atoms with Crippen LogP contribution in [0.15, 0.2) is 0 Å². The summed E-state index contributed by atoms with van der Waals surface area (Å²) in [6, 6.07) is 0. The second kappa shape index (κ2) is 9.39. The summed E-state index contributed by atoms with van der Waals surface area (Å²) in [6.07, 6.45) is 0.892. The van der Waals surface area contributed by atoms with E-state index in [2.05, 4.69) is 13.8 Å². The zero-order valence-corrected chi connectivity index (χ0v) is 9.22. The van der Waals surface area contributed by atoms with Gasteiger partial charge in [0.25, 0.3) is 0 Å². The van der Waals surface area contributed by atoms with E-state index in [4.69, 9.17) is 4.74 Å². The van der Waals surface area contributed by atoms with Crippen molar-refractivity contribution in [3.8, 4) is 0 Å². The van der Waals surface area contributed by atoms with Gasteiger partial charge < -0.3 is 4.74 Å². The molecule has 0 aromatic heterocycles. The Hall–Kier alpha value is -0.700. The van der Waals surface area contributed by atoms with Crippen LogP contribution in [0.4, 0.5) is 0 Å². The highest BCUT2D eigenvalue weighted by Gasteiger charge is 2.14. The Kier molecular flexibility index (Phi) is 10.7. The van der Waals surface area contributed by atoms with Crippen LogP contribution in [0.25, 0.3) is 0 Å². The first kappa shape index (κ1) is 14.8. The lowest BCUT2D eigenvalue weighted by Gasteiger charge is -2.07. The predicted molar refractivity (Wildman–Crippen MR) is 52.7 cm³/mol. The summed E-state index contributed by atoms with van der Waals surface area (Å²) in [5.41, 5.74) is 0. The monoisotopic (exact) mass is 188 g/mol. The number of hydrogen-bond acceptors (Lipinski definition) is 3. The number of carbonyl (C=O) groups excluding carboxylic acids is 2. The first-order chi connectivity index (χ1) is 5.99.